The van der Waals surface area contributed by atoms with Gasteiger partial charge in [-0.05, 0) is 32.9 Å². The van der Waals surface area contributed by atoms with Gasteiger partial charge in [0, 0.05) is 11.1 Å². The molecule has 0 radical (unpaired) electrons. The number of nitrogens with one attached hydrogen (secondary N) is 1. The molecule has 0 saturated heterocycles. The van der Waals surface area contributed by atoms with E-state index in [2.05, 4.69) is 39.4 Å². The van der Waals surface area contributed by atoms with Crippen molar-refractivity contribution in [3.63, 3.8) is 0 Å². The number of nitrogens with zero attached hydrogens (tertiary/aromatic N) is 5. The minimum absolute atomic E-state index is 0.125. The molecule has 0 spiro atoms. The SMILES string of the molecule is Cc1cnc(C(C)Nc2ccc3nnc(C)n3n2)s1. The van der Waals surface area contributed by atoms with Crippen molar-refractivity contribution in [2.45, 2.75) is 26.8 Å². The highest BCUT2D eigenvalue weighted by atomic mass is 32.1. The summed E-state index contributed by atoms with van der Waals surface area (Å²) in [6, 6.07) is 3.93. The molecule has 1 atom stereocenters. The Morgan fingerprint density at radius 3 is 2.84 bits per heavy atom. The molecule has 0 saturated carbocycles. The van der Waals surface area contributed by atoms with E-state index in [-0.39, 0.29) is 6.04 Å². The van der Waals surface area contributed by atoms with Crippen LogP contribution in [0.3, 0.4) is 0 Å². The zero-order valence-electron chi connectivity index (χ0n) is 11.0. The maximum Gasteiger partial charge on any atom is 0.178 e. The first-order valence-electron chi connectivity index (χ1n) is 6.01. The standard InChI is InChI=1S/C12H14N6S/c1-7-6-13-12(19-7)8(2)14-10-4-5-11-16-15-9(3)18(11)17-10/h4-6,8H,1-3H3,(H,14,17). The first kappa shape index (κ1) is 12.0. The molecule has 3 aromatic rings. The van der Waals surface area contributed by atoms with Gasteiger partial charge in [0.2, 0.25) is 0 Å². The van der Waals surface area contributed by atoms with Gasteiger partial charge in [0.1, 0.15) is 10.8 Å². The van der Waals surface area contributed by atoms with Crippen molar-refractivity contribution in [1.29, 1.82) is 0 Å². The van der Waals surface area contributed by atoms with Crippen LogP contribution in [-0.2, 0) is 0 Å². The van der Waals surface area contributed by atoms with Crippen LogP contribution in [0.15, 0.2) is 18.3 Å². The second-order valence-corrected chi connectivity index (χ2v) is 5.68. The molecular formula is C12H14N6S. The summed E-state index contributed by atoms with van der Waals surface area (Å²) in [5.41, 5.74) is 0.751. The Morgan fingerprint density at radius 2 is 2.11 bits per heavy atom. The Hall–Kier alpha value is -2.02. The third-order valence-corrected chi connectivity index (χ3v) is 3.89. The number of hydrogen-bond donors (Lipinski definition) is 1. The topological polar surface area (TPSA) is 68.0 Å². The summed E-state index contributed by atoms with van der Waals surface area (Å²) in [5.74, 6) is 1.56. The summed E-state index contributed by atoms with van der Waals surface area (Å²) in [6.07, 6.45) is 1.89. The number of rotatable bonds is 3. The second-order valence-electron chi connectivity index (χ2n) is 4.41. The van der Waals surface area contributed by atoms with Crippen LogP contribution in [0.4, 0.5) is 5.82 Å². The fourth-order valence-electron chi connectivity index (χ4n) is 1.83. The molecule has 0 aliphatic heterocycles. The Balaban J connectivity index is 1.86. The summed E-state index contributed by atoms with van der Waals surface area (Å²) in [4.78, 5) is 5.59. The van der Waals surface area contributed by atoms with Crippen LogP contribution in [0, 0.1) is 13.8 Å². The lowest BCUT2D eigenvalue weighted by Gasteiger charge is -2.11. The van der Waals surface area contributed by atoms with Crippen LogP contribution in [0.1, 0.15) is 28.7 Å². The van der Waals surface area contributed by atoms with Gasteiger partial charge >= 0.3 is 0 Å². The smallest absolute Gasteiger partial charge is 0.178 e. The van der Waals surface area contributed by atoms with Crippen LogP contribution in [0.5, 0.6) is 0 Å². The van der Waals surface area contributed by atoms with Crippen molar-refractivity contribution < 1.29 is 0 Å². The molecule has 0 aliphatic carbocycles. The zero-order valence-corrected chi connectivity index (χ0v) is 11.8. The van der Waals surface area contributed by atoms with Crippen molar-refractivity contribution >= 4 is 22.8 Å². The average molecular weight is 274 g/mol. The van der Waals surface area contributed by atoms with Gasteiger partial charge in [0.15, 0.2) is 11.5 Å². The number of aryl methyl sites for hydroxylation is 2. The summed E-state index contributed by atoms with van der Waals surface area (Å²) in [5, 5.41) is 16.9. The highest BCUT2D eigenvalue weighted by molar-refractivity contribution is 7.11. The molecule has 1 N–H and O–H groups in total. The normalized spacial score (nSPS) is 12.8. The van der Waals surface area contributed by atoms with Crippen molar-refractivity contribution in [2.24, 2.45) is 0 Å². The van der Waals surface area contributed by atoms with Crippen molar-refractivity contribution in [3.05, 3.63) is 34.0 Å². The van der Waals surface area contributed by atoms with Crippen LogP contribution in [0.2, 0.25) is 0 Å². The van der Waals surface area contributed by atoms with E-state index in [1.165, 1.54) is 4.88 Å². The van der Waals surface area contributed by atoms with Gasteiger partial charge in [-0.2, -0.15) is 4.52 Å². The number of aromatic nitrogens is 5. The van der Waals surface area contributed by atoms with Gasteiger partial charge in [-0.25, -0.2) is 4.98 Å². The van der Waals surface area contributed by atoms with E-state index in [0.29, 0.717) is 0 Å². The zero-order chi connectivity index (χ0) is 13.4. The van der Waals surface area contributed by atoms with Crippen molar-refractivity contribution in [1.82, 2.24) is 24.8 Å². The lowest BCUT2D eigenvalue weighted by Crippen LogP contribution is -2.09. The van der Waals surface area contributed by atoms with Crippen LogP contribution < -0.4 is 5.32 Å². The highest BCUT2D eigenvalue weighted by Gasteiger charge is 2.11. The highest BCUT2D eigenvalue weighted by Crippen LogP contribution is 2.22. The van der Waals surface area contributed by atoms with Crippen molar-refractivity contribution in [2.75, 3.05) is 5.32 Å². The summed E-state index contributed by atoms with van der Waals surface area (Å²) >= 11 is 1.69. The van der Waals surface area contributed by atoms with E-state index < -0.39 is 0 Å². The molecule has 6 nitrogen and oxygen atoms in total. The van der Waals surface area contributed by atoms with E-state index in [9.17, 15) is 0 Å². The van der Waals surface area contributed by atoms with Gasteiger partial charge in [-0.1, -0.05) is 0 Å². The molecule has 1 unspecified atom stereocenters. The molecule has 0 bridgehead atoms. The fourth-order valence-corrected chi connectivity index (χ4v) is 2.61. The molecule has 98 valence electrons. The van der Waals surface area contributed by atoms with Gasteiger partial charge in [0.05, 0.1) is 6.04 Å². The molecule has 3 heterocycles. The van der Waals surface area contributed by atoms with Crippen LogP contribution in [-0.4, -0.2) is 24.8 Å². The first-order valence-corrected chi connectivity index (χ1v) is 6.83. The number of fused-ring (bicyclic) bond motifs is 1. The number of thiazole rings is 1. The molecule has 19 heavy (non-hydrogen) atoms. The molecule has 0 amide bonds. The molecule has 0 fully saturated rings. The van der Waals surface area contributed by atoms with Gasteiger partial charge in [0.25, 0.3) is 0 Å². The fraction of sp³-hybridized carbons (Fsp3) is 0.333. The molecule has 3 aromatic heterocycles. The molecule has 7 heteroatoms. The van der Waals surface area contributed by atoms with Gasteiger partial charge in [-0.3, -0.25) is 0 Å². The Labute approximate surface area is 114 Å². The molecule has 0 aromatic carbocycles. The number of hydrogen-bond acceptors (Lipinski definition) is 6. The van der Waals surface area contributed by atoms with E-state index in [1.807, 2.05) is 25.3 Å². The van der Waals surface area contributed by atoms with E-state index in [4.69, 9.17) is 0 Å². The predicted octanol–water partition coefficient (Wildman–Crippen LogP) is 2.37. The largest absolute Gasteiger partial charge is 0.360 e. The van der Waals surface area contributed by atoms with Gasteiger partial charge in [-0.15, -0.1) is 26.6 Å². The van der Waals surface area contributed by atoms with Crippen LogP contribution >= 0.6 is 11.3 Å². The minimum atomic E-state index is 0.125. The molecule has 3 rings (SSSR count). The van der Waals surface area contributed by atoms with E-state index in [0.717, 1.165) is 22.3 Å². The lowest BCUT2D eigenvalue weighted by molar-refractivity contribution is 0.823. The lowest BCUT2D eigenvalue weighted by atomic mass is 10.3. The first-order chi connectivity index (χ1) is 9.13. The minimum Gasteiger partial charge on any atom is -0.360 e. The number of anilines is 1. The summed E-state index contributed by atoms with van der Waals surface area (Å²) < 4.78 is 1.72. The predicted molar refractivity (Wildman–Crippen MR) is 74.4 cm³/mol. The summed E-state index contributed by atoms with van der Waals surface area (Å²) in [7, 11) is 0. The third-order valence-electron chi connectivity index (χ3n) is 2.79. The Kier molecular flexibility index (Phi) is 2.90. The van der Waals surface area contributed by atoms with Gasteiger partial charge < -0.3 is 5.32 Å². The van der Waals surface area contributed by atoms with Crippen molar-refractivity contribution in [3.8, 4) is 0 Å². The van der Waals surface area contributed by atoms with Crippen LogP contribution in [0.25, 0.3) is 5.65 Å². The second kappa shape index (κ2) is 4.58. The Morgan fingerprint density at radius 1 is 1.26 bits per heavy atom. The molecule has 0 aliphatic rings. The average Bonchev–Trinajstić information content (AvgIpc) is 2.97. The quantitative estimate of drug-likeness (QED) is 0.794. The maximum atomic E-state index is 4.46. The van der Waals surface area contributed by atoms with E-state index in [1.54, 1.807) is 15.9 Å². The van der Waals surface area contributed by atoms with E-state index >= 15 is 0 Å². The summed E-state index contributed by atoms with van der Waals surface area (Å²) in [6.45, 7) is 6.01. The molecular weight excluding hydrogens is 260 g/mol. The maximum absolute atomic E-state index is 4.46. The monoisotopic (exact) mass is 274 g/mol. The Bertz CT molecular complexity index is 716. The third kappa shape index (κ3) is 2.28.